The van der Waals surface area contributed by atoms with E-state index in [4.69, 9.17) is 4.74 Å². The summed E-state index contributed by atoms with van der Waals surface area (Å²) in [6.07, 6.45) is 0.704. The minimum Gasteiger partial charge on any atom is -0.506 e. The van der Waals surface area contributed by atoms with Gasteiger partial charge in [0, 0.05) is 17.1 Å². The van der Waals surface area contributed by atoms with Gasteiger partial charge in [-0.05, 0) is 56.2 Å². The van der Waals surface area contributed by atoms with Gasteiger partial charge in [-0.25, -0.2) is 0 Å². The van der Waals surface area contributed by atoms with Gasteiger partial charge < -0.3 is 19.7 Å². The summed E-state index contributed by atoms with van der Waals surface area (Å²) in [5.41, 5.74) is 1.53. The molecule has 0 bridgehead atoms. The van der Waals surface area contributed by atoms with Crippen molar-refractivity contribution in [1.82, 2.24) is 4.57 Å². The van der Waals surface area contributed by atoms with Crippen LogP contribution in [0.15, 0.2) is 47.3 Å². The zero-order chi connectivity index (χ0) is 19.1. The fourth-order valence-electron chi connectivity index (χ4n) is 3.72. The first-order valence-electron chi connectivity index (χ1n) is 8.94. The summed E-state index contributed by atoms with van der Waals surface area (Å²) in [5.74, 6) is -0.207. The highest BCUT2D eigenvalue weighted by Gasteiger charge is 2.29. The monoisotopic (exact) mass is 364 g/mol. The minimum atomic E-state index is -0.628. The number of anilines is 1. The standard InChI is InChI=1S/C21H20N2O4/c1-3-27-15-9-7-14(8-10-15)22-20(25)17-19(24)16-6-4-5-13-11-12(2)23(18(13)16)21(17)26/h4-10,12,24H,3,11H2,1-2H3,(H,22,25)/t12-/m0/s1. The number of para-hydroxylation sites is 1. The van der Waals surface area contributed by atoms with E-state index in [1.54, 1.807) is 34.9 Å². The van der Waals surface area contributed by atoms with Gasteiger partial charge in [0.25, 0.3) is 11.5 Å². The van der Waals surface area contributed by atoms with Gasteiger partial charge in [-0.3, -0.25) is 9.59 Å². The van der Waals surface area contributed by atoms with Gasteiger partial charge in [-0.15, -0.1) is 0 Å². The lowest BCUT2D eigenvalue weighted by Gasteiger charge is -2.14. The SMILES string of the molecule is CCOc1ccc(NC(=O)c2c(O)c3cccc4c3n(c2=O)[C@@H](C)C4)cc1. The molecule has 1 amide bonds. The zero-order valence-corrected chi connectivity index (χ0v) is 15.2. The summed E-state index contributed by atoms with van der Waals surface area (Å²) in [5, 5.41) is 13.9. The molecule has 0 saturated heterocycles. The molecule has 1 atom stereocenters. The Kier molecular flexibility index (Phi) is 4.11. The van der Waals surface area contributed by atoms with Gasteiger partial charge >= 0.3 is 0 Å². The number of rotatable bonds is 4. The number of pyridine rings is 1. The predicted molar refractivity (Wildman–Crippen MR) is 104 cm³/mol. The van der Waals surface area contributed by atoms with Crippen molar-refractivity contribution in [3.63, 3.8) is 0 Å². The van der Waals surface area contributed by atoms with Crippen LogP contribution in [0.25, 0.3) is 10.9 Å². The molecule has 6 nitrogen and oxygen atoms in total. The molecule has 1 aromatic heterocycles. The molecular formula is C21H20N2O4. The van der Waals surface area contributed by atoms with E-state index in [9.17, 15) is 14.7 Å². The minimum absolute atomic E-state index is 0.0602. The lowest BCUT2D eigenvalue weighted by molar-refractivity contribution is 0.102. The Balaban J connectivity index is 1.76. The summed E-state index contributed by atoms with van der Waals surface area (Å²) in [4.78, 5) is 25.8. The lowest BCUT2D eigenvalue weighted by atomic mass is 10.1. The summed E-state index contributed by atoms with van der Waals surface area (Å²) in [6, 6.07) is 12.3. The van der Waals surface area contributed by atoms with E-state index in [0.717, 1.165) is 5.56 Å². The number of ether oxygens (including phenoxy) is 1. The number of hydrogen-bond donors (Lipinski definition) is 2. The van der Waals surface area contributed by atoms with E-state index in [2.05, 4.69) is 5.32 Å². The summed E-state index contributed by atoms with van der Waals surface area (Å²) in [6.45, 7) is 4.38. The van der Waals surface area contributed by atoms with E-state index in [0.29, 0.717) is 35.4 Å². The second kappa shape index (κ2) is 6.46. The normalized spacial score (nSPS) is 15.1. The third-order valence-corrected chi connectivity index (χ3v) is 4.89. The van der Waals surface area contributed by atoms with Crippen LogP contribution in [0.1, 0.15) is 35.8 Å². The van der Waals surface area contributed by atoms with Crippen LogP contribution >= 0.6 is 0 Å². The molecule has 0 spiro atoms. The molecule has 2 N–H and O–H groups in total. The van der Waals surface area contributed by atoms with Crippen LogP contribution in [0.5, 0.6) is 11.5 Å². The van der Waals surface area contributed by atoms with Crippen molar-refractivity contribution < 1.29 is 14.6 Å². The fourth-order valence-corrected chi connectivity index (χ4v) is 3.72. The van der Waals surface area contributed by atoms with E-state index in [-0.39, 0.29) is 17.4 Å². The quantitative estimate of drug-likeness (QED) is 0.743. The highest BCUT2D eigenvalue weighted by Crippen LogP contribution is 2.36. The summed E-state index contributed by atoms with van der Waals surface area (Å²) >= 11 is 0. The topological polar surface area (TPSA) is 80.6 Å². The molecule has 4 rings (SSSR count). The van der Waals surface area contributed by atoms with Crippen LogP contribution in [0, 0.1) is 0 Å². The summed E-state index contributed by atoms with van der Waals surface area (Å²) < 4.78 is 6.99. The smallest absolute Gasteiger partial charge is 0.268 e. The molecule has 3 aromatic rings. The van der Waals surface area contributed by atoms with Gasteiger partial charge in [0.05, 0.1) is 12.1 Å². The van der Waals surface area contributed by atoms with Crippen LogP contribution in [0.2, 0.25) is 0 Å². The Hall–Kier alpha value is -3.28. The number of hydrogen-bond acceptors (Lipinski definition) is 4. The molecule has 0 saturated carbocycles. The van der Waals surface area contributed by atoms with Gasteiger partial charge in [-0.2, -0.15) is 0 Å². The van der Waals surface area contributed by atoms with Gasteiger partial charge in [0.15, 0.2) is 0 Å². The molecule has 1 aliphatic rings. The number of carbonyl (C=O) groups is 1. The van der Waals surface area contributed by atoms with Crippen LogP contribution in [0.3, 0.4) is 0 Å². The number of aromatic hydroxyl groups is 1. The van der Waals surface area contributed by atoms with Crippen molar-refractivity contribution in [3.05, 3.63) is 63.9 Å². The van der Waals surface area contributed by atoms with Gasteiger partial charge in [0.2, 0.25) is 0 Å². The van der Waals surface area contributed by atoms with E-state index < -0.39 is 11.5 Å². The second-order valence-corrected chi connectivity index (χ2v) is 6.68. The predicted octanol–water partition coefficient (Wildman–Crippen LogP) is 3.48. The number of amides is 1. The molecule has 0 aliphatic carbocycles. The molecule has 2 aromatic carbocycles. The summed E-state index contributed by atoms with van der Waals surface area (Å²) in [7, 11) is 0. The maximum Gasteiger partial charge on any atom is 0.268 e. The fraction of sp³-hybridized carbons (Fsp3) is 0.238. The molecule has 0 radical (unpaired) electrons. The van der Waals surface area contributed by atoms with Gasteiger partial charge in [-0.1, -0.05) is 12.1 Å². The third-order valence-electron chi connectivity index (χ3n) is 4.89. The number of nitrogens with zero attached hydrogens (tertiary/aromatic N) is 1. The van der Waals surface area contributed by atoms with Crippen LogP contribution < -0.4 is 15.6 Å². The molecule has 2 heterocycles. The van der Waals surface area contributed by atoms with Crippen molar-refractivity contribution in [2.45, 2.75) is 26.3 Å². The van der Waals surface area contributed by atoms with Crippen molar-refractivity contribution in [2.75, 3.05) is 11.9 Å². The first kappa shape index (κ1) is 17.1. The largest absolute Gasteiger partial charge is 0.506 e. The first-order chi connectivity index (χ1) is 13.0. The number of carbonyl (C=O) groups excluding carboxylic acids is 1. The molecule has 0 unspecified atom stereocenters. The Bertz CT molecular complexity index is 1100. The van der Waals surface area contributed by atoms with Crippen LogP contribution in [0.4, 0.5) is 5.69 Å². The number of aromatic nitrogens is 1. The lowest BCUT2D eigenvalue weighted by Crippen LogP contribution is -2.30. The van der Waals surface area contributed by atoms with Crippen LogP contribution in [-0.4, -0.2) is 22.2 Å². The molecule has 6 heteroatoms. The third kappa shape index (κ3) is 2.73. The first-order valence-corrected chi connectivity index (χ1v) is 8.94. The van der Waals surface area contributed by atoms with E-state index in [1.165, 1.54) is 0 Å². The molecule has 1 aliphatic heterocycles. The molecule has 138 valence electrons. The Labute approximate surface area is 156 Å². The van der Waals surface area contributed by atoms with E-state index in [1.807, 2.05) is 26.0 Å². The average Bonchev–Trinajstić information content (AvgIpc) is 2.98. The second-order valence-electron chi connectivity index (χ2n) is 6.68. The highest BCUT2D eigenvalue weighted by atomic mass is 16.5. The van der Waals surface area contributed by atoms with Crippen molar-refractivity contribution >= 4 is 22.5 Å². The highest BCUT2D eigenvalue weighted by molar-refractivity contribution is 6.09. The number of benzene rings is 2. The van der Waals surface area contributed by atoms with Crippen molar-refractivity contribution in [3.8, 4) is 11.5 Å². The van der Waals surface area contributed by atoms with Gasteiger partial charge in [0.1, 0.15) is 17.1 Å². The maximum absolute atomic E-state index is 13.0. The Morgan fingerprint density at radius 3 is 2.70 bits per heavy atom. The number of nitrogens with one attached hydrogen (secondary N) is 1. The van der Waals surface area contributed by atoms with Crippen molar-refractivity contribution in [2.24, 2.45) is 0 Å². The van der Waals surface area contributed by atoms with Crippen LogP contribution in [-0.2, 0) is 6.42 Å². The molecular weight excluding hydrogens is 344 g/mol. The average molecular weight is 364 g/mol. The Morgan fingerprint density at radius 2 is 2.00 bits per heavy atom. The maximum atomic E-state index is 13.0. The zero-order valence-electron chi connectivity index (χ0n) is 15.2. The molecule has 27 heavy (non-hydrogen) atoms. The Morgan fingerprint density at radius 1 is 1.26 bits per heavy atom. The molecule has 0 fully saturated rings. The van der Waals surface area contributed by atoms with Crippen molar-refractivity contribution in [1.29, 1.82) is 0 Å². The van der Waals surface area contributed by atoms with E-state index >= 15 is 0 Å².